The molecule has 0 aromatic heterocycles. The second-order valence-electron chi connectivity index (χ2n) is 5.61. The highest BCUT2D eigenvalue weighted by atomic mass is 16.6. The lowest BCUT2D eigenvalue weighted by atomic mass is 10.1. The minimum absolute atomic E-state index is 0.00153. The van der Waals surface area contributed by atoms with Crippen molar-refractivity contribution in [2.75, 3.05) is 0 Å². The van der Waals surface area contributed by atoms with Crippen LogP contribution in [-0.4, -0.2) is 6.10 Å². The molecule has 0 bridgehead atoms. The smallest absolute Gasteiger partial charge is 0.169 e. The quantitative estimate of drug-likeness (QED) is 0.683. The van der Waals surface area contributed by atoms with E-state index >= 15 is 0 Å². The van der Waals surface area contributed by atoms with Gasteiger partial charge in [-0.2, -0.15) is 0 Å². The number of hydrogen-bond donors (Lipinski definition) is 0. The maximum atomic E-state index is 6.17. The topological polar surface area (TPSA) is 18.5 Å². The summed E-state index contributed by atoms with van der Waals surface area (Å²) >= 11 is 0. The van der Waals surface area contributed by atoms with E-state index in [2.05, 4.69) is 25.1 Å². The van der Waals surface area contributed by atoms with Gasteiger partial charge in [0.1, 0.15) is 5.76 Å². The predicted octanol–water partition coefficient (Wildman–Crippen LogP) is 5.45. The van der Waals surface area contributed by atoms with E-state index < -0.39 is 0 Å². The molecular weight excluding hydrogens is 272 g/mol. The molecule has 1 aliphatic heterocycles. The summed E-state index contributed by atoms with van der Waals surface area (Å²) in [5.74, 6) is 2.55. The summed E-state index contributed by atoms with van der Waals surface area (Å²) in [4.78, 5) is 0. The molecule has 0 N–H and O–H groups in total. The van der Waals surface area contributed by atoms with Gasteiger partial charge in [-0.05, 0) is 36.6 Å². The first-order valence-electron chi connectivity index (χ1n) is 8.07. The van der Waals surface area contributed by atoms with Crippen LogP contribution in [0.1, 0.15) is 38.2 Å². The fourth-order valence-electron chi connectivity index (χ4n) is 2.65. The summed E-state index contributed by atoms with van der Waals surface area (Å²) in [7, 11) is 0. The van der Waals surface area contributed by atoms with Crippen LogP contribution in [0.2, 0.25) is 0 Å². The van der Waals surface area contributed by atoms with E-state index in [0.717, 1.165) is 35.7 Å². The largest absolute Gasteiger partial charge is 0.479 e. The third-order valence-corrected chi connectivity index (χ3v) is 3.84. The number of rotatable bonds is 5. The Labute approximate surface area is 132 Å². The molecule has 0 spiro atoms. The molecule has 1 unspecified atom stereocenters. The molecule has 22 heavy (non-hydrogen) atoms. The van der Waals surface area contributed by atoms with Crippen LogP contribution in [0.4, 0.5) is 0 Å². The molecule has 0 fully saturated rings. The molecular formula is C20H22O2. The average molecular weight is 294 g/mol. The SMILES string of the molecule is CCCCCC1Oc2ccccc2O/C1=C/c1ccccc1. The van der Waals surface area contributed by atoms with Crippen LogP contribution in [0.15, 0.2) is 60.4 Å². The highest BCUT2D eigenvalue weighted by Gasteiger charge is 2.25. The van der Waals surface area contributed by atoms with E-state index in [9.17, 15) is 0 Å². The number of unbranched alkanes of at least 4 members (excludes halogenated alkanes) is 2. The second-order valence-corrected chi connectivity index (χ2v) is 5.61. The Morgan fingerprint density at radius 3 is 2.41 bits per heavy atom. The zero-order valence-electron chi connectivity index (χ0n) is 13.0. The highest BCUT2D eigenvalue weighted by Crippen LogP contribution is 2.37. The predicted molar refractivity (Wildman–Crippen MR) is 90.0 cm³/mol. The van der Waals surface area contributed by atoms with Crippen LogP contribution in [0, 0.1) is 0 Å². The Balaban J connectivity index is 1.85. The van der Waals surface area contributed by atoms with Crippen molar-refractivity contribution in [3.8, 4) is 11.5 Å². The van der Waals surface area contributed by atoms with Gasteiger partial charge in [0.2, 0.25) is 0 Å². The monoisotopic (exact) mass is 294 g/mol. The molecule has 1 heterocycles. The first kappa shape index (κ1) is 14.7. The van der Waals surface area contributed by atoms with Crippen molar-refractivity contribution in [1.82, 2.24) is 0 Å². The number of ether oxygens (including phenoxy) is 2. The Morgan fingerprint density at radius 1 is 0.909 bits per heavy atom. The molecule has 0 radical (unpaired) electrons. The molecule has 0 amide bonds. The number of fused-ring (bicyclic) bond motifs is 1. The maximum absolute atomic E-state index is 6.17. The van der Waals surface area contributed by atoms with Gasteiger partial charge in [-0.25, -0.2) is 0 Å². The zero-order chi connectivity index (χ0) is 15.2. The van der Waals surface area contributed by atoms with Crippen molar-refractivity contribution < 1.29 is 9.47 Å². The van der Waals surface area contributed by atoms with Gasteiger partial charge >= 0.3 is 0 Å². The van der Waals surface area contributed by atoms with E-state index in [0.29, 0.717) is 0 Å². The van der Waals surface area contributed by atoms with Crippen LogP contribution in [0.5, 0.6) is 11.5 Å². The summed E-state index contributed by atoms with van der Waals surface area (Å²) in [5, 5.41) is 0. The van der Waals surface area contributed by atoms with Crippen molar-refractivity contribution >= 4 is 6.08 Å². The van der Waals surface area contributed by atoms with E-state index in [1.54, 1.807) is 0 Å². The molecule has 2 aromatic rings. The lowest BCUT2D eigenvalue weighted by molar-refractivity contribution is 0.139. The Bertz CT molecular complexity index is 631. The number of benzene rings is 2. The fraction of sp³-hybridized carbons (Fsp3) is 0.300. The summed E-state index contributed by atoms with van der Waals surface area (Å²) in [5.41, 5.74) is 1.14. The number of para-hydroxylation sites is 2. The summed E-state index contributed by atoms with van der Waals surface area (Å²) < 4.78 is 12.3. The van der Waals surface area contributed by atoms with Gasteiger partial charge in [0, 0.05) is 0 Å². The minimum atomic E-state index is 0.00153. The van der Waals surface area contributed by atoms with Gasteiger partial charge in [-0.1, -0.05) is 62.2 Å². The average Bonchev–Trinajstić information content (AvgIpc) is 2.56. The van der Waals surface area contributed by atoms with E-state index in [4.69, 9.17) is 9.47 Å². The third kappa shape index (κ3) is 3.51. The Hall–Kier alpha value is -2.22. The standard InChI is InChI=1S/C20H22O2/c1-2-3-5-12-19-20(15-16-10-6-4-7-11-16)22-18-14-9-8-13-17(18)21-19/h4,6-11,13-15,19H,2-3,5,12H2,1H3/b20-15+. The van der Waals surface area contributed by atoms with Gasteiger partial charge in [-0.15, -0.1) is 0 Å². The number of hydrogen-bond acceptors (Lipinski definition) is 2. The summed E-state index contributed by atoms with van der Waals surface area (Å²) in [6.07, 6.45) is 6.66. The van der Waals surface area contributed by atoms with Gasteiger partial charge in [-0.3, -0.25) is 0 Å². The molecule has 2 heteroatoms. The molecule has 0 saturated heterocycles. The lowest BCUT2D eigenvalue weighted by Crippen LogP contribution is -2.27. The van der Waals surface area contributed by atoms with Crippen LogP contribution >= 0.6 is 0 Å². The summed E-state index contributed by atoms with van der Waals surface area (Å²) in [6.45, 7) is 2.22. The summed E-state index contributed by atoms with van der Waals surface area (Å²) in [6, 6.07) is 18.1. The molecule has 1 atom stereocenters. The second kappa shape index (κ2) is 7.17. The van der Waals surface area contributed by atoms with Gasteiger partial charge in [0.05, 0.1) is 0 Å². The normalized spacial score (nSPS) is 18.4. The third-order valence-electron chi connectivity index (χ3n) is 3.84. The zero-order valence-corrected chi connectivity index (χ0v) is 13.0. The van der Waals surface area contributed by atoms with Crippen LogP contribution in [0.3, 0.4) is 0 Å². The molecule has 114 valence electrons. The van der Waals surface area contributed by atoms with E-state index in [-0.39, 0.29) is 6.10 Å². The molecule has 0 aliphatic carbocycles. The van der Waals surface area contributed by atoms with Crippen LogP contribution < -0.4 is 9.47 Å². The Kier molecular flexibility index (Phi) is 4.79. The molecule has 2 aromatic carbocycles. The van der Waals surface area contributed by atoms with Crippen molar-refractivity contribution in [2.45, 2.75) is 38.7 Å². The van der Waals surface area contributed by atoms with Crippen LogP contribution in [0.25, 0.3) is 6.08 Å². The van der Waals surface area contributed by atoms with Crippen molar-refractivity contribution in [2.24, 2.45) is 0 Å². The molecule has 1 aliphatic rings. The van der Waals surface area contributed by atoms with Crippen LogP contribution in [-0.2, 0) is 0 Å². The maximum Gasteiger partial charge on any atom is 0.169 e. The van der Waals surface area contributed by atoms with Gasteiger partial charge in [0.15, 0.2) is 17.6 Å². The van der Waals surface area contributed by atoms with E-state index in [1.165, 1.54) is 12.8 Å². The fourth-order valence-corrected chi connectivity index (χ4v) is 2.65. The molecule has 2 nitrogen and oxygen atoms in total. The minimum Gasteiger partial charge on any atom is -0.479 e. The van der Waals surface area contributed by atoms with Crippen molar-refractivity contribution in [3.05, 3.63) is 65.9 Å². The van der Waals surface area contributed by atoms with Gasteiger partial charge < -0.3 is 9.47 Å². The Morgan fingerprint density at radius 2 is 1.64 bits per heavy atom. The first-order valence-corrected chi connectivity index (χ1v) is 8.07. The van der Waals surface area contributed by atoms with Crippen molar-refractivity contribution in [1.29, 1.82) is 0 Å². The highest BCUT2D eigenvalue weighted by molar-refractivity contribution is 5.55. The van der Waals surface area contributed by atoms with Gasteiger partial charge in [0.25, 0.3) is 0 Å². The van der Waals surface area contributed by atoms with E-state index in [1.807, 2.05) is 42.5 Å². The molecule has 3 rings (SSSR count). The lowest BCUT2D eigenvalue weighted by Gasteiger charge is -2.28. The first-order chi connectivity index (χ1) is 10.9. The van der Waals surface area contributed by atoms with Crippen molar-refractivity contribution in [3.63, 3.8) is 0 Å². The molecule has 0 saturated carbocycles.